The second-order valence-corrected chi connectivity index (χ2v) is 9.50. The van der Waals surface area contributed by atoms with Gasteiger partial charge in [0.25, 0.3) is 0 Å². The Balaban J connectivity index is 1.55. The molecule has 2 aromatic rings. The number of allylic oxidation sites excluding steroid dienone is 1. The first-order valence-electron chi connectivity index (χ1n) is 13.0. The molecule has 1 saturated carbocycles. The van der Waals surface area contributed by atoms with E-state index in [0.29, 0.717) is 11.5 Å². The van der Waals surface area contributed by atoms with E-state index >= 15 is 0 Å². The minimum Gasteiger partial charge on any atom is -0.478 e. The van der Waals surface area contributed by atoms with Crippen molar-refractivity contribution in [1.82, 2.24) is 9.97 Å². The number of unbranched alkanes of at least 4 members (excludes halogenated alkanes) is 5. The lowest BCUT2D eigenvalue weighted by molar-refractivity contribution is -0.133. The quantitative estimate of drug-likeness (QED) is 0.266. The van der Waals surface area contributed by atoms with E-state index in [1.54, 1.807) is 0 Å². The summed E-state index contributed by atoms with van der Waals surface area (Å²) in [6.07, 6.45) is 18.9. The molecule has 0 radical (unpaired) electrons. The number of carboxylic acid groups (broad SMARTS) is 1. The summed E-state index contributed by atoms with van der Waals surface area (Å²) in [7, 11) is 0. The van der Waals surface area contributed by atoms with Crippen LogP contribution in [0.15, 0.2) is 48.3 Å². The van der Waals surface area contributed by atoms with Crippen LogP contribution in [0.25, 0.3) is 11.4 Å². The van der Waals surface area contributed by atoms with E-state index in [-0.39, 0.29) is 5.92 Å². The summed E-state index contributed by atoms with van der Waals surface area (Å²) in [5, 5.41) is 9.69. The molecule has 1 heterocycles. The van der Waals surface area contributed by atoms with Crippen molar-refractivity contribution >= 4 is 5.97 Å². The Morgan fingerprint density at radius 3 is 2.18 bits per heavy atom. The van der Waals surface area contributed by atoms with Crippen molar-refractivity contribution < 1.29 is 9.90 Å². The number of aryl methyl sites for hydroxylation is 1. The summed E-state index contributed by atoms with van der Waals surface area (Å²) in [6, 6.07) is 8.67. The number of hydrogen-bond donors (Lipinski definition) is 1. The topological polar surface area (TPSA) is 63.1 Å². The van der Waals surface area contributed by atoms with Crippen molar-refractivity contribution in [2.45, 2.75) is 96.8 Å². The zero-order chi connectivity index (χ0) is 23.5. The van der Waals surface area contributed by atoms with Gasteiger partial charge in [0.1, 0.15) is 0 Å². The predicted molar refractivity (Wildman–Crippen MR) is 135 cm³/mol. The molecule has 1 aliphatic rings. The Bertz CT molecular complexity index is 879. The standard InChI is InChI=1S/C29H40N2O2/c1-3-5-7-9-11-27(29(32)33)25-16-12-23(13-17-25)24-14-18-26(19-15-24)28-30-20-22(21-31-28)10-8-6-4-2/h11,14-15,18-21,23,25H,3-10,12-13,16-17H2,1-2H3,(H,32,33)/t23-,25-. The van der Waals surface area contributed by atoms with Crippen LogP contribution in [-0.4, -0.2) is 21.0 Å². The third-order valence-corrected chi connectivity index (χ3v) is 7.00. The number of carboxylic acids is 1. The highest BCUT2D eigenvalue weighted by Gasteiger charge is 2.27. The first-order valence-corrected chi connectivity index (χ1v) is 13.0. The molecular weight excluding hydrogens is 408 g/mol. The van der Waals surface area contributed by atoms with Gasteiger partial charge in [-0.3, -0.25) is 0 Å². The molecule has 0 unspecified atom stereocenters. The highest BCUT2D eigenvalue weighted by atomic mass is 16.4. The maximum Gasteiger partial charge on any atom is 0.331 e. The van der Waals surface area contributed by atoms with Crippen molar-refractivity contribution in [3.8, 4) is 11.4 Å². The van der Waals surface area contributed by atoms with Gasteiger partial charge in [0.15, 0.2) is 5.82 Å². The number of benzene rings is 1. The van der Waals surface area contributed by atoms with E-state index in [0.717, 1.165) is 62.8 Å². The second kappa shape index (κ2) is 13.3. The molecule has 0 amide bonds. The third kappa shape index (κ3) is 7.52. The molecule has 1 N–H and O–H groups in total. The molecule has 0 atom stereocenters. The molecule has 0 aliphatic heterocycles. The molecule has 0 saturated heterocycles. The van der Waals surface area contributed by atoms with Gasteiger partial charge in [0, 0.05) is 23.5 Å². The van der Waals surface area contributed by atoms with Crippen molar-refractivity contribution in [1.29, 1.82) is 0 Å². The van der Waals surface area contributed by atoms with E-state index in [2.05, 4.69) is 48.1 Å². The minimum absolute atomic E-state index is 0.198. The van der Waals surface area contributed by atoms with Crippen LogP contribution in [0.4, 0.5) is 0 Å². The van der Waals surface area contributed by atoms with Gasteiger partial charge in [-0.05, 0) is 74.3 Å². The monoisotopic (exact) mass is 448 g/mol. The number of rotatable bonds is 12. The van der Waals surface area contributed by atoms with Crippen LogP contribution in [0.1, 0.15) is 102 Å². The fourth-order valence-corrected chi connectivity index (χ4v) is 4.93. The van der Waals surface area contributed by atoms with Crippen LogP contribution in [0, 0.1) is 5.92 Å². The molecule has 1 aromatic carbocycles. The average molecular weight is 449 g/mol. The van der Waals surface area contributed by atoms with Crippen molar-refractivity contribution in [2.24, 2.45) is 5.92 Å². The summed E-state index contributed by atoms with van der Waals surface area (Å²) < 4.78 is 0. The number of aromatic nitrogens is 2. The first-order chi connectivity index (χ1) is 16.1. The fourth-order valence-electron chi connectivity index (χ4n) is 4.93. The van der Waals surface area contributed by atoms with E-state index in [1.165, 1.54) is 36.8 Å². The molecular formula is C29H40N2O2. The Labute approximate surface area is 199 Å². The summed E-state index contributed by atoms with van der Waals surface area (Å²) in [5.74, 6) is 0.760. The smallest absolute Gasteiger partial charge is 0.331 e. The summed E-state index contributed by atoms with van der Waals surface area (Å²) in [4.78, 5) is 21.0. The van der Waals surface area contributed by atoms with Crippen molar-refractivity contribution in [3.63, 3.8) is 0 Å². The molecule has 3 rings (SSSR count). The first kappa shape index (κ1) is 25.1. The van der Waals surface area contributed by atoms with Gasteiger partial charge in [-0.15, -0.1) is 0 Å². The Morgan fingerprint density at radius 2 is 1.58 bits per heavy atom. The molecule has 0 bridgehead atoms. The Morgan fingerprint density at radius 1 is 0.939 bits per heavy atom. The number of carbonyl (C=O) groups is 1. The highest BCUT2D eigenvalue weighted by molar-refractivity contribution is 5.87. The molecule has 1 aromatic heterocycles. The fraction of sp³-hybridized carbons (Fsp3) is 0.552. The lowest BCUT2D eigenvalue weighted by Gasteiger charge is -2.29. The Kier molecular flexibility index (Phi) is 10.1. The molecule has 1 fully saturated rings. The molecule has 0 spiro atoms. The Hall–Kier alpha value is -2.49. The van der Waals surface area contributed by atoms with Gasteiger partial charge in [0.2, 0.25) is 0 Å². The van der Waals surface area contributed by atoms with Crippen LogP contribution in [0.2, 0.25) is 0 Å². The molecule has 33 heavy (non-hydrogen) atoms. The average Bonchev–Trinajstić information content (AvgIpc) is 2.85. The minimum atomic E-state index is -0.726. The zero-order valence-electron chi connectivity index (χ0n) is 20.4. The predicted octanol–water partition coefficient (Wildman–Crippen LogP) is 7.74. The molecule has 178 valence electrons. The maximum atomic E-state index is 11.8. The van der Waals surface area contributed by atoms with Crippen LogP contribution in [0.5, 0.6) is 0 Å². The van der Waals surface area contributed by atoms with E-state index in [9.17, 15) is 9.90 Å². The maximum absolute atomic E-state index is 11.8. The summed E-state index contributed by atoms with van der Waals surface area (Å²) in [5.41, 5.74) is 4.25. The largest absolute Gasteiger partial charge is 0.478 e. The normalized spacial score (nSPS) is 18.9. The van der Waals surface area contributed by atoms with Gasteiger partial charge >= 0.3 is 5.97 Å². The lowest BCUT2D eigenvalue weighted by Crippen LogP contribution is -2.19. The third-order valence-electron chi connectivity index (χ3n) is 7.00. The van der Waals surface area contributed by atoms with Gasteiger partial charge in [-0.25, -0.2) is 14.8 Å². The molecule has 4 heteroatoms. The van der Waals surface area contributed by atoms with Gasteiger partial charge in [-0.2, -0.15) is 0 Å². The van der Waals surface area contributed by atoms with Crippen LogP contribution >= 0.6 is 0 Å². The van der Waals surface area contributed by atoms with Crippen LogP contribution in [-0.2, 0) is 11.2 Å². The SMILES string of the molecule is CCCCCC=C(C(=O)O)[C@H]1CC[C@H](c2ccc(-c3ncc(CCCCC)cn3)cc2)CC1. The second-order valence-electron chi connectivity index (χ2n) is 9.50. The van der Waals surface area contributed by atoms with E-state index in [4.69, 9.17) is 0 Å². The number of aliphatic carboxylic acids is 1. The van der Waals surface area contributed by atoms with Crippen LogP contribution < -0.4 is 0 Å². The molecule has 4 nitrogen and oxygen atoms in total. The zero-order valence-corrected chi connectivity index (χ0v) is 20.4. The van der Waals surface area contributed by atoms with Gasteiger partial charge in [-0.1, -0.05) is 69.9 Å². The summed E-state index contributed by atoms with van der Waals surface area (Å²) in [6.45, 7) is 4.39. The van der Waals surface area contributed by atoms with E-state index < -0.39 is 5.97 Å². The lowest BCUT2D eigenvalue weighted by atomic mass is 9.75. The van der Waals surface area contributed by atoms with Gasteiger partial charge < -0.3 is 5.11 Å². The number of hydrogen-bond acceptors (Lipinski definition) is 3. The summed E-state index contributed by atoms with van der Waals surface area (Å²) >= 11 is 0. The highest BCUT2D eigenvalue weighted by Crippen LogP contribution is 2.39. The van der Waals surface area contributed by atoms with Crippen molar-refractivity contribution in [3.05, 3.63) is 59.4 Å². The molecule has 1 aliphatic carbocycles. The van der Waals surface area contributed by atoms with E-state index in [1.807, 2.05) is 18.5 Å². The van der Waals surface area contributed by atoms with Crippen molar-refractivity contribution in [2.75, 3.05) is 0 Å². The van der Waals surface area contributed by atoms with Gasteiger partial charge in [0.05, 0.1) is 0 Å². The van der Waals surface area contributed by atoms with Crippen LogP contribution in [0.3, 0.4) is 0 Å². The number of nitrogens with zero attached hydrogens (tertiary/aromatic N) is 2.